The molecule has 1 aliphatic rings. The van der Waals surface area contributed by atoms with E-state index in [9.17, 15) is 17.6 Å². The van der Waals surface area contributed by atoms with Crippen molar-refractivity contribution < 1.29 is 17.6 Å². The number of nitrogens with zero attached hydrogens (tertiary/aromatic N) is 1. The SMILES string of the molecule is O=C(NC1CCS(=O)(=O)C1)c1cc(NCc2ccccc2F)ccn1. The van der Waals surface area contributed by atoms with Gasteiger partial charge in [-0.2, -0.15) is 0 Å². The van der Waals surface area contributed by atoms with Gasteiger partial charge in [-0.15, -0.1) is 0 Å². The normalized spacial score (nSPS) is 18.7. The van der Waals surface area contributed by atoms with E-state index in [2.05, 4.69) is 15.6 Å². The van der Waals surface area contributed by atoms with Gasteiger partial charge in [0, 0.05) is 30.0 Å². The minimum atomic E-state index is -3.06. The maximum Gasteiger partial charge on any atom is 0.270 e. The number of benzene rings is 1. The lowest BCUT2D eigenvalue weighted by Crippen LogP contribution is -2.36. The first kappa shape index (κ1) is 17.3. The van der Waals surface area contributed by atoms with E-state index in [-0.39, 0.29) is 35.6 Å². The molecule has 1 amide bonds. The minimum absolute atomic E-state index is 0.0377. The van der Waals surface area contributed by atoms with Gasteiger partial charge in [0.2, 0.25) is 0 Å². The zero-order valence-corrected chi connectivity index (χ0v) is 14.2. The van der Waals surface area contributed by atoms with Gasteiger partial charge >= 0.3 is 0 Å². The number of nitrogens with one attached hydrogen (secondary N) is 2. The van der Waals surface area contributed by atoms with Crippen LogP contribution in [0, 0.1) is 5.82 Å². The summed E-state index contributed by atoms with van der Waals surface area (Å²) in [5.41, 5.74) is 1.33. The number of sulfone groups is 1. The molecule has 3 rings (SSSR count). The first-order valence-electron chi connectivity index (χ1n) is 7.87. The van der Waals surface area contributed by atoms with Gasteiger partial charge in [-0.25, -0.2) is 12.8 Å². The van der Waals surface area contributed by atoms with Crippen LogP contribution in [0.15, 0.2) is 42.6 Å². The highest BCUT2D eigenvalue weighted by Gasteiger charge is 2.29. The molecule has 1 aliphatic heterocycles. The van der Waals surface area contributed by atoms with Crippen LogP contribution in [0.4, 0.5) is 10.1 Å². The fraction of sp³-hybridized carbons (Fsp3) is 0.294. The van der Waals surface area contributed by atoms with Gasteiger partial charge in [-0.05, 0) is 24.6 Å². The molecule has 0 spiro atoms. The molecule has 2 aromatic rings. The van der Waals surface area contributed by atoms with Crippen molar-refractivity contribution in [2.24, 2.45) is 0 Å². The predicted octanol–water partition coefficient (Wildman–Crippen LogP) is 1.75. The second-order valence-corrected chi connectivity index (χ2v) is 8.18. The zero-order valence-electron chi connectivity index (χ0n) is 13.4. The fourth-order valence-electron chi connectivity index (χ4n) is 2.67. The van der Waals surface area contributed by atoms with Crippen molar-refractivity contribution in [3.63, 3.8) is 0 Å². The van der Waals surface area contributed by atoms with Gasteiger partial charge in [0.25, 0.3) is 5.91 Å². The van der Waals surface area contributed by atoms with Gasteiger partial charge in [0.15, 0.2) is 9.84 Å². The topological polar surface area (TPSA) is 88.2 Å². The summed E-state index contributed by atoms with van der Waals surface area (Å²) in [6.45, 7) is 0.276. The third-order valence-electron chi connectivity index (χ3n) is 4.00. The average molecular weight is 363 g/mol. The Kier molecular flexibility index (Phi) is 4.98. The summed E-state index contributed by atoms with van der Waals surface area (Å²) in [5.74, 6) is -0.666. The Labute approximate surface area is 145 Å². The van der Waals surface area contributed by atoms with Crippen LogP contribution in [0.3, 0.4) is 0 Å². The maximum absolute atomic E-state index is 13.6. The molecule has 1 aromatic carbocycles. The zero-order chi connectivity index (χ0) is 17.9. The van der Waals surface area contributed by atoms with Crippen LogP contribution in [0.5, 0.6) is 0 Å². The number of carbonyl (C=O) groups is 1. The van der Waals surface area contributed by atoms with Crippen LogP contribution in [0.25, 0.3) is 0 Å². The highest BCUT2D eigenvalue weighted by Crippen LogP contribution is 2.14. The first-order valence-corrected chi connectivity index (χ1v) is 9.70. The molecule has 1 aromatic heterocycles. The number of aromatic nitrogens is 1. The lowest BCUT2D eigenvalue weighted by molar-refractivity contribution is 0.0936. The number of hydrogen-bond acceptors (Lipinski definition) is 5. The third kappa shape index (κ3) is 4.54. The number of anilines is 1. The van der Waals surface area contributed by atoms with Crippen molar-refractivity contribution in [2.75, 3.05) is 16.8 Å². The summed E-state index contributed by atoms with van der Waals surface area (Å²) >= 11 is 0. The minimum Gasteiger partial charge on any atom is -0.381 e. The number of pyridine rings is 1. The van der Waals surface area contributed by atoms with Crippen LogP contribution in [0.2, 0.25) is 0 Å². The Hall–Kier alpha value is -2.48. The van der Waals surface area contributed by atoms with Crippen LogP contribution >= 0.6 is 0 Å². The predicted molar refractivity (Wildman–Crippen MR) is 92.5 cm³/mol. The first-order chi connectivity index (χ1) is 11.9. The van der Waals surface area contributed by atoms with E-state index in [0.29, 0.717) is 17.7 Å². The smallest absolute Gasteiger partial charge is 0.270 e. The van der Waals surface area contributed by atoms with E-state index in [1.807, 2.05) is 0 Å². The number of hydrogen-bond donors (Lipinski definition) is 2. The molecule has 2 heterocycles. The van der Waals surface area contributed by atoms with Crippen LogP contribution < -0.4 is 10.6 Å². The molecule has 25 heavy (non-hydrogen) atoms. The molecule has 0 radical (unpaired) electrons. The van der Waals surface area contributed by atoms with Crippen molar-refractivity contribution in [3.05, 3.63) is 59.7 Å². The second kappa shape index (κ2) is 7.18. The second-order valence-electron chi connectivity index (χ2n) is 5.95. The summed E-state index contributed by atoms with van der Waals surface area (Å²) in [7, 11) is -3.06. The molecule has 8 heteroatoms. The van der Waals surface area contributed by atoms with E-state index < -0.39 is 15.7 Å². The number of amides is 1. The molecule has 1 unspecified atom stereocenters. The lowest BCUT2D eigenvalue weighted by Gasteiger charge is -2.12. The van der Waals surface area contributed by atoms with Gasteiger partial charge in [-0.3, -0.25) is 9.78 Å². The molecule has 1 fully saturated rings. The number of rotatable bonds is 5. The van der Waals surface area contributed by atoms with E-state index in [0.717, 1.165) is 0 Å². The van der Waals surface area contributed by atoms with Gasteiger partial charge in [0.05, 0.1) is 11.5 Å². The highest BCUT2D eigenvalue weighted by molar-refractivity contribution is 7.91. The Morgan fingerprint density at radius 1 is 1.28 bits per heavy atom. The molecule has 0 bridgehead atoms. The van der Waals surface area contributed by atoms with Crippen LogP contribution in [-0.2, 0) is 16.4 Å². The Morgan fingerprint density at radius 2 is 2.08 bits per heavy atom. The number of halogens is 1. The molecule has 6 nitrogen and oxygen atoms in total. The van der Waals surface area contributed by atoms with E-state index in [4.69, 9.17) is 0 Å². The van der Waals surface area contributed by atoms with E-state index in [1.165, 1.54) is 12.3 Å². The van der Waals surface area contributed by atoms with Gasteiger partial charge < -0.3 is 10.6 Å². The summed E-state index contributed by atoms with van der Waals surface area (Å²) in [5, 5.41) is 5.74. The van der Waals surface area contributed by atoms with Crippen molar-refractivity contribution in [1.82, 2.24) is 10.3 Å². The van der Waals surface area contributed by atoms with Crippen LogP contribution in [-0.4, -0.2) is 36.9 Å². The molecule has 0 saturated carbocycles. The third-order valence-corrected chi connectivity index (χ3v) is 5.77. The molecule has 1 atom stereocenters. The van der Waals surface area contributed by atoms with Crippen molar-refractivity contribution in [2.45, 2.75) is 19.0 Å². The van der Waals surface area contributed by atoms with Crippen molar-refractivity contribution >= 4 is 21.4 Å². The van der Waals surface area contributed by atoms with E-state index >= 15 is 0 Å². The monoisotopic (exact) mass is 363 g/mol. The molecule has 0 aliphatic carbocycles. The quantitative estimate of drug-likeness (QED) is 0.845. The van der Waals surface area contributed by atoms with Crippen LogP contribution in [0.1, 0.15) is 22.5 Å². The number of carbonyl (C=O) groups excluding carboxylic acids is 1. The maximum atomic E-state index is 13.6. The molecular weight excluding hydrogens is 345 g/mol. The fourth-order valence-corrected chi connectivity index (χ4v) is 4.35. The average Bonchev–Trinajstić information content (AvgIpc) is 2.93. The van der Waals surface area contributed by atoms with E-state index in [1.54, 1.807) is 30.3 Å². The lowest BCUT2D eigenvalue weighted by atomic mass is 10.2. The Morgan fingerprint density at radius 3 is 2.80 bits per heavy atom. The summed E-state index contributed by atoms with van der Waals surface area (Å²) in [6, 6.07) is 9.29. The summed E-state index contributed by atoms with van der Waals surface area (Å²) in [4.78, 5) is 16.3. The van der Waals surface area contributed by atoms with Gasteiger partial charge in [0.1, 0.15) is 11.5 Å². The summed E-state index contributed by atoms with van der Waals surface area (Å²) < 4.78 is 36.5. The molecular formula is C17H18FN3O3S. The van der Waals surface area contributed by atoms with Crippen molar-refractivity contribution in [1.29, 1.82) is 0 Å². The standard InChI is InChI=1S/C17H18FN3O3S/c18-15-4-2-1-3-12(15)10-20-13-5-7-19-16(9-13)17(22)21-14-6-8-25(23,24)11-14/h1-5,7,9,14H,6,8,10-11H2,(H,19,20)(H,21,22). The Balaban J connectivity index is 1.63. The summed E-state index contributed by atoms with van der Waals surface area (Å²) in [6.07, 6.45) is 1.89. The van der Waals surface area contributed by atoms with Crippen molar-refractivity contribution in [3.8, 4) is 0 Å². The Bertz CT molecular complexity index is 886. The highest BCUT2D eigenvalue weighted by atomic mass is 32.2. The molecule has 2 N–H and O–H groups in total. The van der Waals surface area contributed by atoms with Gasteiger partial charge in [-0.1, -0.05) is 18.2 Å². The molecule has 132 valence electrons. The molecule has 1 saturated heterocycles. The largest absolute Gasteiger partial charge is 0.381 e.